The molecule has 0 N–H and O–H groups in total. The highest BCUT2D eigenvalue weighted by Crippen LogP contribution is 2.32. The molecule has 1 saturated heterocycles. The van der Waals surface area contributed by atoms with Crippen LogP contribution >= 0.6 is 15.9 Å². The molecule has 1 aromatic carbocycles. The number of rotatable bonds is 5. The minimum atomic E-state index is -1.14. The summed E-state index contributed by atoms with van der Waals surface area (Å²) >= 11 is 3.25. The van der Waals surface area contributed by atoms with Crippen molar-refractivity contribution in [3.8, 4) is 5.75 Å². The van der Waals surface area contributed by atoms with Gasteiger partial charge in [-0.05, 0) is 12.1 Å². The SMILES string of the molecule is CC(=O)O[C@@H]1[C@@H](OC(C)=O)[C@H](Oc2ccccc2)O[C@@H](Br)[C@H]1OC(C)=O. The summed E-state index contributed by atoms with van der Waals surface area (Å²) in [7, 11) is 0. The van der Waals surface area contributed by atoms with Crippen LogP contribution < -0.4 is 4.74 Å². The van der Waals surface area contributed by atoms with E-state index in [2.05, 4.69) is 15.9 Å². The van der Waals surface area contributed by atoms with E-state index in [1.54, 1.807) is 24.3 Å². The highest BCUT2D eigenvalue weighted by Gasteiger charge is 2.52. The maximum Gasteiger partial charge on any atom is 0.303 e. The first kappa shape index (κ1) is 20.2. The number of para-hydroxylation sites is 1. The van der Waals surface area contributed by atoms with Crippen LogP contribution in [-0.4, -0.2) is 47.5 Å². The van der Waals surface area contributed by atoms with Gasteiger partial charge in [0.25, 0.3) is 0 Å². The summed E-state index contributed by atoms with van der Waals surface area (Å²) in [6.45, 7) is 3.60. The van der Waals surface area contributed by atoms with Crippen molar-refractivity contribution < 1.29 is 38.1 Å². The minimum Gasteiger partial charge on any atom is -0.461 e. The molecule has 0 unspecified atom stereocenters. The fourth-order valence-corrected chi connectivity index (χ4v) is 3.08. The molecule has 0 bridgehead atoms. The van der Waals surface area contributed by atoms with Crippen molar-refractivity contribution in [2.45, 2.75) is 50.4 Å². The van der Waals surface area contributed by atoms with Gasteiger partial charge in [0.1, 0.15) is 5.75 Å². The molecule has 2 rings (SSSR count). The third-order valence-electron chi connectivity index (χ3n) is 3.34. The first-order chi connectivity index (χ1) is 12.3. The molecule has 0 radical (unpaired) electrons. The molecule has 0 saturated carbocycles. The summed E-state index contributed by atoms with van der Waals surface area (Å²) in [5.41, 5.74) is 0. The zero-order chi connectivity index (χ0) is 19.3. The Bertz CT molecular complexity index is 649. The molecule has 9 heteroatoms. The number of benzene rings is 1. The molecular weight excluding hydrogens is 412 g/mol. The van der Waals surface area contributed by atoms with Gasteiger partial charge >= 0.3 is 17.9 Å². The third kappa shape index (κ3) is 5.43. The normalized spacial score (nSPS) is 27.9. The Balaban J connectivity index is 2.33. The highest BCUT2D eigenvalue weighted by molar-refractivity contribution is 9.09. The molecule has 26 heavy (non-hydrogen) atoms. The van der Waals surface area contributed by atoms with Crippen molar-refractivity contribution >= 4 is 33.8 Å². The van der Waals surface area contributed by atoms with Crippen LogP contribution in [0.4, 0.5) is 0 Å². The van der Waals surface area contributed by atoms with Crippen molar-refractivity contribution in [3.63, 3.8) is 0 Å². The smallest absolute Gasteiger partial charge is 0.303 e. The van der Waals surface area contributed by atoms with E-state index in [9.17, 15) is 14.4 Å². The van der Waals surface area contributed by atoms with Gasteiger partial charge in [-0.15, -0.1) is 0 Å². The first-order valence-electron chi connectivity index (χ1n) is 7.81. The van der Waals surface area contributed by atoms with E-state index in [1.807, 2.05) is 6.07 Å². The largest absolute Gasteiger partial charge is 0.461 e. The zero-order valence-electron chi connectivity index (χ0n) is 14.4. The topological polar surface area (TPSA) is 97.4 Å². The van der Waals surface area contributed by atoms with Crippen molar-refractivity contribution in [2.24, 2.45) is 0 Å². The Morgan fingerprint density at radius 1 is 0.846 bits per heavy atom. The maximum atomic E-state index is 11.6. The van der Waals surface area contributed by atoms with E-state index < -0.39 is 47.5 Å². The molecule has 0 spiro atoms. The maximum absolute atomic E-state index is 11.6. The van der Waals surface area contributed by atoms with E-state index in [1.165, 1.54) is 20.8 Å². The van der Waals surface area contributed by atoms with Crippen LogP contribution in [0.1, 0.15) is 20.8 Å². The summed E-state index contributed by atoms with van der Waals surface area (Å²) in [4.78, 5) is 34.5. The molecule has 1 aliphatic rings. The highest BCUT2D eigenvalue weighted by atomic mass is 79.9. The number of esters is 3. The summed E-state index contributed by atoms with van der Waals surface area (Å²) in [5, 5.41) is -0.851. The van der Waals surface area contributed by atoms with Crippen molar-refractivity contribution in [2.75, 3.05) is 0 Å². The van der Waals surface area contributed by atoms with Crippen LogP contribution in [0.25, 0.3) is 0 Å². The second-order valence-electron chi connectivity index (χ2n) is 5.51. The van der Waals surface area contributed by atoms with Crippen LogP contribution in [0.15, 0.2) is 30.3 Å². The van der Waals surface area contributed by atoms with Gasteiger partial charge < -0.3 is 23.7 Å². The van der Waals surface area contributed by atoms with Crippen molar-refractivity contribution in [1.82, 2.24) is 0 Å². The van der Waals surface area contributed by atoms with Gasteiger partial charge in [0.2, 0.25) is 12.4 Å². The summed E-state index contributed by atoms with van der Waals surface area (Å²) in [6.07, 6.45) is -4.39. The van der Waals surface area contributed by atoms with E-state index in [0.29, 0.717) is 5.75 Å². The molecule has 1 fully saturated rings. The molecule has 5 atom stereocenters. The van der Waals surface area contributed by atoms with Gasteiger partial charge in [0, 0.05) is 20.8 Å². The van der Waals surface area contributed by atoms with Crippen LogP contribution in [-0.2, 0) is 33.3 Å². The molecule has 8 nitrogen and oxygen atoms in total. The Labute approximate surface area is 158 Å². The molecular formula is C17H19BrO8. The quantitative estimate of drug-likeness (QED) is 0.397. The Kier molecular flexibility index (Phi) is 6.98. The van der Waals surface area contributed by atoms with Crippen LogP contribution in [0.3, 0.4) is 0 Å². The average molecular weight is 431 g/mol. The summed E-state index contributed by atoms with van der Waals surface area (Å²) in [6, 6.07) is 8.71. The number of hydrogen-bond donors (Lipinski definition) is 0. The van der Waals surface area contributed by atoms with Gasteiger partial charge in [-0.3, -0.25) is 14.4 Å². The predicted molar refractivity (Wildman–Crippen MR) is 91.3 cm³/mol. The number of hydrogen-bond acceptors (Lipinski definition) is 8. The molecule has 1 aliphatic heterocycles. The monoisotopic (exact) mass is 430 g/mol. The zero-order valence-corrected chi connectivity index (χ0v) is 16.0. The van der Waals surface area contributed by atoms with Crippen LogP contribution in [0.2, 0.25) is 0 Å². The lowest BCUT2D eigenvalue weighted by Gasteiger charge is -2.42. The number of ether oxygens (including phenoxy) is 5. The van der Waals surface area contributed by atoms with E-state index in [-0.39, 0.29) is 0 Å². The molecule has 0 aromatic heterocycles. The standard InChI is InChI=1S/C17H19BrO8/c1-9(19)22-13-14(23-10(2)20)16(18)26-17(15(13)24-11(3)21)25-12-7-5-4-6-8-12/h4-8,13-17H,1-3H3/t13-,14-,15+,16+,17+/m0/s1. The van der Waals surface area contributed by atoms with Crippen molar-refractivity contribution in [3.05, 3.63) is 30.3 Å². The lowest BCUT2D eigenvalue weighted by atomic mass is 10.0. The summed E-state index contributed by atoms with van der Waals surface area (Å²) < 4.78 is 27.2. The minimum absolute atomic E-state index is 0.460. The van der Waals surface area contributed by atoms with E-state index in [0.717, 1.165) is 0 Å². The first-order valence-corrected chi connectivity index (χ1v) is 8.72. The lowest BCUT2D eigenvalue weighted by Crippen LogP contribution is -2.61. The molecule has 0 amide bonds. The van der Waals surface area contributed by atoms with E-state index in [4.69, 9.17) is 23.7 Å². The van der Waals surface area contributed by atoms with E-state index >= 15 is 0 Å². The Morgan fingerprint density at radius 3 is 1.88 bits per heavy atom. The van der Waals surface area contributed by atoms with Crippen molar-refractivity contribution in [1.29, 1.82) is 0 Å². The van der Waals surface area contributed by atoms with Gasteiger partial charge in [0.05, 0.1) is 0 Å². The molecule has 1 heterocycles. The second kappa shape index (κ2) is 9.00. The lowest BCUT2D eigenvalue weighted by molar-refractivity contribution is -0.266. The summed E-state index contributed by atoms with van der Waals surface area (Å²) in [5.74, 6) is -1.41. The Hall–Kier alpha value is -2.13. The number of halogens is 1. The molecule has 142 valence electrons. The van der Waals surface area contributed by atoms with Gasteiger partial charge in [-0.25, -0.2) is 0 Å². The van der Waals surface area contributed by atoms with Crippen LogP contribution in [0.5, 0.6) is 5.75 Å². The predicted octanol–water partition coefficient (Wildman–Crippen LogP) is 1.94. The molecule has 1 aromatic rings. The third-order valence-corrected chi connectivity index (χ3v) is 4.08. The number of carbonyl (C=O) groups is 3. The van der Waals surface area contributed by atoms with Gasteiger partial charge in [-0.1, -0.05) is 34.1 Å². The second-order valence-corrected chi connectivity index (χ2v) is 6.41. The molecule has 0 aliphatic carbocycles. The fourth-order valence-electron chi connectivity index (χ4n) is 2.45. The van der Waals surface area contributed by atoms with Crippen LogP contribution in [0, 0.1) is 0 Å². The van der Waals surface area contributed by atoms with Gasteiger partial charge in [-0.2, -0.15) is 0 Å². The van der Waals surface area contributed by atoms with Gasteiger partial charge in [0.15, 0.2) is 17.2 Å². The average Bonchev–Trinajstić information content (AvgIpc) is 2.54. The number of alkyl halides is 1. The Morgan fingerprint density at radius 2 is 1.35 bits per heavy atom. The fraction of sp³-hybridized carbons (Fsp3) is 0.471. The number of carbonyl (C=O) groups excluding carboxylic acids is 3.